The van der Waals surface area contributed by atoms with Crippen LogP contribution >= 0.6 is 0 Å². The summed E-state index contributed by atoms with van der Waals surface area (Å²) in [4.78, 5) is 54.4. The lowest BCUT2D eigenvalue weighted by Crippen LogP contribution is -2.55. The lowest BCUT2D eigenvalue weighted by Gasteiger charge is -2.43. The van der Waals surface area contributed by atoms with E-state index in [-0.39, 0.29) is 40.8 Å². The smallest absolute Gasteiger partial charge is 0.258 e. The largest absolute Gasteiger partial charge is 0.508 e. The Hall–Kier alpha value is -5.88. The number of amides is 2. The van der Waals surface area contributed by atoms with E-state index in [9.17, 15) is 19.8 Å². The number of ether oxygens (including phenoxy) is 1. The van der Waals surface area contributed by atoms with Crippen molar-refractivity contribution in [1.29, 1.82) is 0 Å². The number of morpholine rings is 1. The van der Waals surface area contributed by atoms with E-state index >= 15 is 0 Å². The van der Waals surface area contributed by atoms with Gasteiger partial charge in [0.1, 0.15) is 17.0 Å². The molecular formula is C49H62N12O5. The van der Waals surface area contributed by atoms with Gasteiger partial charge >= 0.3 is 0 Å². The number of aromatic hydroxyl groups is 2. The molecule has 17 heteroatoms. The number of phenolic OH excluding ortho intramolecular Hbond substituents is 2. The first kappa shape index (κ1) is 44.0. The monoisotopic (exact) mass is 898 g/mol. The minimum atomic E-state index is -0.225. The second-order valence-corrected chi connectivity index (χ2v) is 19.1. The highest BCUT2D eigenvalue weighted by Gasteiger charge is 2.34. The number of carbonyl (C=O) groups is 2. The molecule has 348 valence electrons. The normalized spacial score (nSPS) is 19.6. The summed E-state index contributed by atoms with van der Waals surface area (Å²) in [6.45, 7) is 16.7. The van der Waals surface area contributed by atoms with E-state index < -0.39 is 0 Å². The first-order valence-electron chi connectivity index (χ1n) is 23.8. The summed E-state index contributed by atoms with van der Waals surface area (Å²) < 4.78 is 7.56. The molecule has 0 radical (unpaired) electrons. The molecule has 0 spiro atoms. The standard InChI is InChI=1S/C49H62N12O5/c1-32(2)40-23-41(44(63)24-43(40)62)48(65)60-30-36-4-3-33(21-37(36)31-60)27-56-11-7-39(8-12-56)57-13-15-59(16-14-57)47(64)35-5-9-55(10-6-35)28-34-22-42-46(58-17-19-66-20-18-58)53-45(54-61(42)29-34)38-25-51-49(50)52-26-38/h3-4,21-26,29,32,35,39,62-63H,5-20,27-28,30-31H2,1-2H3,(H2,50,51,52). The van der Waals surface area contributed by atoms with Gasteiger partial charge in [-0.25, -0.2) is 19.5 Å². The van der Waals surface area contributed by atoms with Gasteiger partial charge in [-0.1, -0.05) is 32.0 Å². The molecule has 0 atom stereocenters. The van der Waals surface area contributed by atoms with Crippen LogP contribution in [0.3, 0.4) is 0 Å². The van der Waals surface area contributed by atoms with Crippen LogP contribution in [-0.2, 0) is 35.7 Å². The summed E-state index contributed by atoms with van der Waals surface area (Å²) in [5.74, 6) is 1.63. The Morgan fingerprint density at radius 3 is 2.17 bits per heavy atom. The van der Waals surface area contributed by atoms with Gasteiger partial charge in [0.05, 0.1) is 24.3 Å². The number of nitrogens with zero attached hydrogens (tertiary/aromatic N) is 11. The molecule has 0 unspecified atom stereocenters. The van der Waals surface area contributed by atoms with Crippen molar-refractivity contribution in [2.45, 2.75) is 77.7 Å². The van der Waals surface area contributed by atoms with E-state index in [0.717, 1.165) is 132 Å². The number of nitrogen functional groups attached to an aromatic ring is 1. The molecule has 5 aliphatic rings. The van der Waals surface area contributed by atoms with Crippen molar-refractivity contribution in [2.24, 2.45) is 5.92 Å². The molecule has 5 aromatic rings. The van der Waals surface area contributed by atoms with Crippen molar-refractivity contribution in [3.05, 3.63) is 88.4 Å². The number of carbonyl (C=O) groups excluding carboxylic acids is 2. The van der Waals surface area contributed by atoms with E-state index in [1.54, 1.807) is 23.4 Å². The van der Waals surface area contributed by atoms with Gasteiger partial charge in [-0.2, -0.15) is 0 Å². The Morgan fingerprint density at radius 2 is 1.45 bits per heavy atom. The summed E-state index contributed by atoms with van der Waals surface area (Å²) in [5.41, 5.74) is 13.0. The summed E-state index contributed by atoms with van der Waals surface area (Å²) in [7, 11) is 0. The Balaban J connectivity index is 0.672. The summed E-state index contributed by atoms with van der Waals surface area (Å²) in [5, 5.41) is 25.7. The third-order valence-corrected chi connectivity index (χ3v) is 14.5. The Labute approximate surface area is 385 Å². The number of phenols is 2. The molecule has 17 nitrogen and oxygen atoms in total. The molecule has 2 aromatic carbocycles. The third kappa shape index (κ3) is 9.26. The second-order valence-electron chi connectivity index (χ2n) is 19.1. The van der Waals surface area contributed by atoms with Gasteiger partial charge in [0.2, 0.25) is 11.9 Å². The number of nitrogens with two attached hydrogens (primary N) is 1. The fourth-order valence-corrected chi connectivity index (χ4v) is 10.7. The fourth-order valence-electron chi connectivity index (χ4n) is 10.7. The van der Waals surface area contributed by atoms with Gasteiger partial charge in [-0.05, 0) is 97.7 Å². The molecule has 4 N–H and O–H groups in total. The fraction of sp³-hybridized carbons (Fsp3) is 0.510. The van der Waals surface area contributed by atoms with Crippen molar-refractivity contribution in [1.82, 2.24) is 49.1 Å². The van der Waals surface area contributed by atoms with Gasteiger partial charge in [0.25, 0.3) is 5.91 Å². The average Bonchev–Trinajstić information content (AvgIpc) is 3.96. The van der Waals surface area contributed by atoms with E-state index in [1.165, 1.54) is 11.6 Å². The van der Waals surface area contributed by atoms with Crippen LogP contribution < -0.4 is 10.6 Å². The van der Waals surface area contributed by atoms with Crippen molar-refractivity contribution in [2.75, 3.05) is 89.3 Å². The molecule has 0 aliphatic carbocycles. The van der Waals surface area contributed by atoms with Crippen LogP contribution in [0.4, 0.5) is 11.8 Å². The highest BCUT2D eigenvalue weighted by molar-refractivity contribution is 5.97. The van der Waals surface area contributed by atoms with Crippen LogP contribution in [0.25, 0.3) is 16.9 Å². The van der Waals surface area contributed by atoms with Crippen LogP contribution in [0.1, 0.15) is 83.6 Å². The lowest BCUT2D eigenvalue weighted by molar-refractivity contribution is -0.139. The summed E-state index contributed by atoms with van der Waals surface area (Å²) in [6.07, 6.45) is 9.38. The second kappa shape index (κ2) is 18.8. The number of fused-ring (bicyclic) bond motifs is 2. The van der Waals surface area contributed by atoms with E-state index in [1.807, 2.05) is 18.4 Å². The maximum absolute atomic E-state index is 13.8. The van der Waals surface area contributed by atoms with Gasteiger partial charge in [-0.3, -0.25) is 24.3 Å². The quantitative estimate of drug-likeness (QED) is 0.180. The van der Waals surface area contributed by atoms with Crippen molar-refractivity contribution in [3.63, 3.8) is 0 Å². The zero-order valence-corrected chi connectivity index (χ0v) is 38.2. The molecule has 4 saturated heterocycles. The van der Waals surface area contributed by atoms with Crippen LogP contribution in [0, 0.1) is 5.92 Å². The van der Waals surface area contributed by atoms with Gasteiger partial charge < -0.3 is 35.4 Å². The summed E-state index contributed by atoms with van der Waals surface area (Å²) in [6, 6.07) is 12.2. The molecule has 0 bridgehead atoms. The third-order valence-electron chi connectivity index (χ3n) is 14.5. The Kier molecular flexibility index (Phi) is 12.5. The minimum absolute atomic E-state index is 0.00838. The predicted octanol–water partition coefficient (Wildman–Crippen LogP) is 4.32. The average molecular weight is 899 g/mol. The molecule has 4 fully saturated rings. The number of rotatable bonds is 10. The Bertz CT molecular complexity index is 2550. The van der Waals surface area contributed by atoms with Crippen LogP contribution in [0.5, 0.6) is 11.5 Å². The van der Waals surface area contributed by atoms with E-state index in [0.29, 0.717) is 55.2 Å². The number of piperazine rings is 1. The maximum Gasteiger partial charge on any atom is 0.258 e. The molecule has 3 aromatic heterocycles. The van der Waals surface area contributed by atoms with Crippen molar-refractivity contribution >= 4 is 29.1 Å². The van der Waals surface area contributed by atoms with Gasteiger partial charge in [0.15, 0.2) is 11.6 Å². The number of benzene rings is 2. The first-order chi connectivity index (χ1) is 32.0. The zero-order valence-electron chi connectivity index (χ0n) is 38.2. The van der Waals surface area contributed by atoms with E-state index in [4.69, 9.17) is 20.6 Å². The molecule has 66 heavy (non-hydrogen) atoms. The zero-order chi connectivity index (χ0) is 45.5. The number of likely N-dealkylation sites (tertiary alicyclic amines) is 2. The number of anilines is 2. The van der Waals surface area contributed by atoms with Crippen LogP contribution in [0.15, 0.2) is 55.0 Å². The van der Waals surface area contributed by atoms with Crippen molar-refractivity contribution in [3.8, 4) is 22.9 Å². The number of piperidine rings is 2. The molecule has 0 saturated carbocycles. The first-order valence-corrected chi connectivity index (χ1v) is 23.8. The SMILES string of the molecule is CC(C)c1cc(C(=O)N2Cc3ccc(CN4CCC(N5CCN(C(=O)C6CCN(Cc7cc8c(N9CCOCC9)nc(-c9cnc(N)nc9)nn8c7)CC6)CC5)CC4)cc3C2)c(O)cc1O. The number of hydrogen-bond donors (Lipinski definition) is 3. The minimum Gasteiger partial charge on any atom is -0.508 e. The molecular weight excluding hydrogens is 837 g/mol. The van der Waals surface area contributed by atoms with E-state index in [2.05, 4.69) is 64.9 Å². The predicted molar refractivity (Wildman–Crippen MR) is 250 cm³/mol. The van der Waals surface area contributed by atoms with Gasteiger partial charge in [-0.15, -0.1) is 5.10 Å². The number of hydrogen-bond acceptors (Lipinski definition) is 14. The van der Waals surface area contributed by atoms with Gasteiger partial charge in [0, 0.05) is 102 Å². The lowest BCUT2D eigenvalue weighted by atomic mass is 9.94. The highest BCUT2D eigenvalue weighted by atomic mass is 16.5. The van der Waals surface area contributed by atoms with Crippen molar-refractivity contribution < 1.29 is 24.5 Å². The maximum atomic E-state index is 13.8. The molecule has 2 amide bonds. The number of aromatic nitrogens is 5. The summed E-state index contributed by atoms with van der Waals surface area (Å²) >= 11 is 0. The molecule has 5 aliphatic heterocycles. The Morgan fingerprint density at radius 1 is 0.773 bits per heavy atom. The highest BCUT2D eigenvalue weighted by Crippen LogP contribution is 2.35. The van der Waals surface area contributed by atoms with Crippen LogP contribution in [0.2, 0.25) is 0 Å². The molecule has 8 heterocycles. The topological polar surface area (TPSA) is 185 Å². The molecule has 10 rings (SSSR count). The van der Waals surface area contributed by atoms with Crippen LogP contribution in [-0.4, -0.2) is 156 Å².